The molecule has 12 heteroatoms. The Morgan fingerprint density at radius 2 is 2.03 bits per heavy atom. The second-order valence-corrected chi connectivity index (χ2v) is 10.2. The predicted octanol–water partition coefficient (Wildman–Crippen LogP) is 0.658. The molecule has 0 bridgehead atoms. The molecule has 0 aliphatic heterocycles. The first-order valence-electron chi connectivity index (χ1n) is 8.98. The summed E-state index contributed by atoms with van der Waals surface area (Å²) in [5.74, 6) is -0.536. The Bertz CT molecular complexity index is 1280. The zero-order chi connectivity index (χ0) is 21.0. The number of nitrogens with zero attached hydrogens (tertiary/aromatic N) is 4. The highest BCUT2D eigenvalue weighted by Crippen LogP contribution is 2.36. The third-order valence-corrected chi connectivity index (χ3v) is 7.34. The Labute approximate surface area is 170 Å². The number of benzene rings is 1. The summed E-state index contributed by atoms with van der Waals surface area (Å²) in [6.45, 7) is 3.69. The monoisotopic (exact) mass is 436 g/mol. The van der Waals surface area contributed by atoms with E-state index in [4.69, 9.17) is 5.73 Å². The number of nitrogens with one attached hydrogen (secondary N) is 1. The summed E-state index contributed by atoms with van der Waals surface area (Å²) in [5, 5.41) is 8.97. The van der Waals surface area contributed by atoms with Crippen LogP contribution in [0, 0.1) is 6.92 Å². The van der Waals surface area contributed by atoms with Crippen molar-refractivity contribution in [2.45, 2.75) is 50.1 Å². The lowest BCUT2D eigenvalue weighted by Gasteiger charge is -2.12. The van der Waals surface area contributed by atoms with Crippen LogP contribution < -0.4 is 16.1 Å². The fourth-order valence-corrected chi connectivity index (χ4v) is 5.26. The first kappa shape index (κ1) is 19.7. The normalized spacial score (nSPS) is 15.7. The summed E-state index contributed by atoms with van der Waals surface area (Å²) >= 11 is 1.21. The van der Waals surface area contributed by atoms with Gasteiger partial charge in [-0.2, -0.15) is 0 Å². The summed E-state index contributed by atoms with van der Waals surface area (Å²) in [7, 11) is -3.75. The van der Waals surface area contributed by atoms with Gasteiger partial charge in [-0.15, -0.1) is 10.2 Å². The molecule has 29 heavy (non-hydrogen) atoms. The summed E-state index contributed by atoms with van der Waals surface area (Å²) < 4.78 is 31.0. The molecule has 2 aromatic heterocycles. The van der Waals surface area contributed by atoms with Gasteiger partial charge in [0.2, 0.25) is 21.1 Å². The van der Waals surface area contributed by atoms with Gasteiger partial charge in [-0.3, -0.25) is 9.36 Å². The number of rotatable bonds is 7. The molecule has 0 unspecified atom stereocenters. The van der Waals surface area contributed by atoms with Crippen molar-refractivity contribution in [2.24, 2.45) is 5.73 Å². The molecule has 1 aliphatic rings. The Balaban J connectivity index is 1.90. The van der Waals surface area contributed by atoms with E-state index in [9.17, 15) is 18.0 Å². The van der Waals surface area contributed by atoms with E-state index in [-0.39, 0.29) is 17.9 Å². The van der Waals surface area contributed by atoms with Crippen molar-refractivity contribution in [1.82, 2.24) is 24.1 Å². The lowest BCUT2D eigenvalue weighted by molar-refractivity contribution is -0.118. The molecule has 1 saturated carbocycles. The Morgan fingerprint density at radius 3 is 2.62 bits per heavy atom. The quantitative estimate of drug-likeness (QED) is 0.557. The van der Waals surface area contributed by atoms with E-state index in [1.807, 2.05) is 6.92 Å². The van der Waals surface area contributed by atoms with Gasteiger partial charge in [-0.1, -0.05) is 11.3 Å². The molecule has 0 atom stereocenters. The van der Waals surface area contributed by atoms with Gasteiger partial charge in [0.25, 0.3) is 0 Å². The number of fused-ring (bicyclic) bond motifs is 1. The van der Waals surface area contributed by atoms with Gasteiger partial charge in [0.05, 0.1) is 15.9 Å². The maximum atomic E-state index is 13.1. The van der Waals surface area contributed by atoms with Crippen LogP contribution in [0.5, 0.6) is 0 Å². The zero-order valence-electron chi connectivity index (χ0n) is 15.9. The van der Waals surface area contributed by atoms with Gasteiger partial charge >= 0.3 is 5.69 Å². The van der Waals surface area contributed by atoms with Crippen LogP contribution in [0.2, 0.25) is 0 Å². The number of amides is 1. The molecule has 4 rings (SSSR count). The van der Waals surface area contributed by atoms with Gasteiger partial charge < -0.3 is 5.73 Å². The molecule has 0 saturated heterocycles. The van der Waals surface area contributed by atoms with Gasteiger partial charge in [0.15, 0.2) is 0 Å². The smallest absolute Gasteiger partial charge is 0.335 e. The first-order chi connectivity index (χ1) is 13.6. The third-order valence-electron chi connectivity index (χ3n) is 4.88. The maximum Gasteiger partial charge on any atom is 0.335 e. The van der Waals surface area contributed by atoms with Crippen molar-refractivity contribution in [3.05, 3.63) is 33.7 Å². The van der Waals surface area contributed by atoms with Crippen molar-refractivity contribution in [3.8, 4) is 5.13 Å². The number of primary amides is 1. The molecule has 1 aliphatic carbocycles. The van der Waals surface area contributed by atoms with Crippen molar-refractivity contribution in [1.29, 1.82) is 0 Å². The molecule has 1 amide bonds. The van der Waals surface area contributed by atoms with Crippen molar-refractivity contribution in [2.75, 3.05) is 0 Å². The zero-order valence-corrected chi connectivity index (χ0v) is 17.5. The van der Waals surface area contributed by atoms with E-state index >= 15 is 0 Å². The molecule has 1 fully saturated rings. The standard InChI is InChI=1S/C17H20N6O4S2/c1-10-19-20-15(28-10)23-13-9-11(29(26,27)21-17(2)6-7-17)3-4-12(13)22(16(23)25)8-5-14(18)24/h3-4,9,21H,5-8H2,1-2H3,(H2,18,24). The summed E-state index contributed by atoms with van der Waals surface area (Å²) in [5.41, 5.74) is 5.24. The van der Waals surface area contributed by atoms with E-state index in [1.165, 1.54) is 32.6 Å². The average Bonchev–Trinajstić information content (AvgIpc) is 3.07. The topological polar surface area (TPSA) is 142 Å². The lowest BCUT2D eigenvalue weighted by atomic mass is 10.3. The van der Waals surface area contributed by atoms with Gasteiger partial charge in [-0.05, 0) is 44.9 Å². The summed E-state index contributed by atoms with van der Waals surface area (Å²) in [6, 6.07) is 4.46. The SMILES string of the molecule is Cc1nnc(-n2c(=O)n(CCC(N)=O)c3ccc(S(=O)(=O)NC4(C)CC4)cc32)s1. The van der Waals surface area contributed by atoms with E-state index in [0.717, 1.165) is 12.8 Å². The van der Waals surface area contributed by atoms with Crippen LogP contribution >= 0.6 is 11.3 Å². The van der Waals surface area contributed by atoms with Crippen LogP contribution in [0.25, 0.3) is 16.2 Å². The van der Waals surface area contributed by atoms with Gasteiger partial charge in [-0.25, -0.2) is 22.5 Å². The first-order valence-corrected chi connectivity index (χ1v) is 11.3. The summed E-state index contributed by atoms with van der Waals surface area (Å²) in [4.78, 5) is 24.3. The highest BCUT2D eigenvalue weighted by Gasteiger charge is 2.41. The molecule has 0 radical (unpaired) electrons. The van der Waals surface area contributed by atoms with Crippen LogP contribution in [-0.4, -0.2) is 39.2 Å². The fourth-order valence-electron chi connectivity index (χ4n) is 3.08. The predicted molar refractivity (Wildman–Crippen MR) is 108 cm³/mol. The summed E-state index contributed by atoms with van der Waals surface area (Å²) in [6.07, 6.45) is 1.55. The Morgan fingerprint density at radius 1 is 1.31 bits per heavy atom. The molecule has 1 aromatic carbocycles. The van der Waals surface area contributed by atoms with Crippen molar-refractivity contribution < 1.29 is 13.2 Å². The number of hydrogen-bond acceptors (Lipinski definition) is 7. The van der Waals surface area contributed by atoms with Crippen molar-refractivity contribution in [3.63, 3.8) is 0 Å². The molecule has 10 nitrogen and oxygen atoms in total. The molecule has 2 heterocycles. The average molecular weight is 437 g/mol. The van der Waals surface area contributed by atoms with E-state index < -0.39 is 27.2 Å². The van der Waals surface area contributed by atoms with Crippen molar-refractivity contribution >= 4 is 38.3 Å². The Hall–Kier alpha value is -2.57. The number of hydrogen-bond donors (Lipinski definition) is 2. The number of nitrogens with two attached hydrogens (primary N) is 1. The molecule has 3 aromatic rings. The third kappa shape index (κ3) is 3.70. The molecular formula is C17H20N6O4S2. The van der Waals surface area contributed by atoms with Crippen LogP contribution in [0.4, 0.5) is 0 Å². The number of imidazole rings is 1. The van der Waals surface area contributed by atoms with Gasteiger partial charge in [0.1, 0.15) is 5.01 Å². The molecule has 0 spiro atoms. The molecular weight excluding hydrogens is 416 g/mol. The largest absolute Gasteiger partial charge is 0.370 e. The minimum atomic E-state index is -3.75. The minimum absolute atomic E-state index is 0.0197. The van der Waals surface area contributed by atoms with E-state index in [2.05, 4.69) is 14.9 Å². The number of carbonyl (C=O) groups is 1. The number of carbonyl (C=O) groups excluding carboxylic acids is 1. The fraction of sp³-hybridized carbons (Fsp3) is 0.412. The second-order valence-electron chi connectivity index (χ2n) is 7.41. The minimum Gasteiger partial charge on any atom is -0.370 e. The highest BCUT2D eigenvalue weighted by atomic mass is 32.2. The lowest BCUT2D eigenvalue weighted by Crippen LogP contribution is -2.34. The highest BCUT2D eigenvalue weighted by molar-refractivity contribution is 7.89. The van der Waals surface area contributed by atoms with E-state index in [1.54, 1.807) is 13.0 Å². The number of aryl methyl sites for hydroxylation is 2. The van der Waals surface area contributed by atoms with Crippen LogP contribution in [0.1, 0.15) is 31.2 Å². The second kappa shape index (κ2) is 6.75. The van der Waals surface area contributed by atoms with Gasteiger partial charge in [0, 0.05) is 18.5 Å². The van der Waals surface area contributed by atoms with Crippen LogP contribution in [0.3, 0.4) is 0 Å². The molecule has 3 N–H and O–H groups in total. The van der Waals surface area contributed by atoms with Crippen LogP contribution in [-0.2, 0) is 21.4 Å². The number of sulfonamides is 1. The maximum absolute atomic E-state index is 13.1. The van der Waals surface area contributed by atoms with Crippen LogP contribution in [0.15, 0.2) is 27.9 Å². The Kier molecular flexibility index (Phi) is 4.59. The van der Waals surface area contributed by atoms with E-state index in [0.29, 0.717) is 21.2 Å². The molecule has 154 valence electrons. The number of aromatic nitrogens is 4.